The zero-order valence-electron chi connectivity index (χ0n) is 12.2. The molecule has 0 radical (unpaired) electrons. The molecule has 5 nitrogen and oxygen atoms in total. The lowest BCUT2D eigenvalue weighted by molar-refractivity contribution is -0.122. The smallest absolute Gasteiger partial charge is 0.227 e. The van der Waals surface area contributed by atoms with E-state index in [0.29, 0.717) is 6.54 Å². The number of likely N-dealkylation sites (N-methyl/N-ethyl adjacent to an activating group) is 1. The third kappa shape index (κ3) is 3.10. The van der Waals surface area contributed by atoms with E-state index in [-0.39, 0.29) is 17.9 Å². The van der Waals surface area contributed by atoms with Crippen molar-refractivity contribution in [2.75, 3.05) is 13.6 Å². The van der Waals surface area contributed by atoms with Gasteiger partial charge in [0.15, 0.2) is 0 Å². The van der Waals surface area contributed by atoms with Crippen LogP contribution in [0.1, 0.15) is 36.7 Å². The normalized spacial score (nSPS) is 14.3. The summed E-state index contributed by atoms with van der Waals surface area (Å²) in [5, 5.41) is 10.4. The molecule has 0 aliphatic carbocycles. The van der Waals surface area contributed by atoms with Crippen molar-refractivity contribution < 1.29 is 4.79 Å². The number of carbonyl (C=O) groups excluding carboxylic acids is 1. The molecule has 2 atom stereocenters. The lowest BCUT2D eigenvalue weighted by atomic mass is 9.98. The zero-order valence-corrected chi connectivity index (χ0v) is 12.2. The molecule has 0 aliphatic rings. The van der Waals surface area contributed by atoms with Gasteiger partial charge in [-0.3, -0.25) is 9.48 Å². The molecule has 2 unspecified atom stereocenters. The summed E-state index contributed by atoms with van der Waals surface area (Å²) in [5.41, 5.74) is 3.02. The van der Waals surface area contributed by atoms with Gasteiger partial charge in [-0.25, -0.2) is 0 Å². The van der Waals surface area contributed by atoms with Crippen LogP contribution in [0, 0.1) is 13.8 Å². The molecule has 1 heterocycles. The molecule has 0 saturated heterocycles. The first kappa shape index (κ1) is 14.7. The van der Waals surface area contributed by atoms with Crippen molar-refractivity contribution in [3.05, 3.63) is 17.0 Å². The van der Waals surface area contributed by atoms with Crippen molar-refractivity contribution in [3.8, 4) is 0 Å². The SMILES string of the molecule is CNC(C)CNC(=O)C(C)c1c(C)nn(C)c1C. The van der Waals surface area contributed by atoms with Gasteiger partial charge in [-0.1, -0.05) is 0 Å². The summed E-state index contributed by atoms with van der Waals surface area (Å²) in [5.74, 6) is -0.112. The average molecular weight is 252 g/mol. The number of nitrogens with zero attached hydrogens (tertiary/aromatic N) is 2. The molecular weight excluding hydrogens is 228 g/mol. The summed E-state index contributed by atoms with van der Waals surface area (Å²) in [6, 6.07) is 0.275. The summed E-state index contributed by atoms with van der Waals surface area (Å²) in [4.78, 5) is 12.1. The Labute approximate surface area is 109 Å². The van der Waals surface area contributed by atoms with E-state index in [4.69, 9.17) is 0 Å². The summed E-state index contributed by atoms with van der Waals surface area (Å²) in [6.45, 7) is 8.54. The summed E-state index contributed by atoms with van der Waals surface area (Å²) in [6.07, 6.45) is 0. The van der Waals surface area contributed by atoms with Crippen molar-refractivity contribution in [2.24, 2.45) is 7.05 Å². The molecule has 5 heteroatoms. The fraction of sp³-hybridized carbons (Fsp3) is 0.692. The predicted octanol–water partition coefficient (Wildman–Crippen LogP) is 0.865. The quantitative estimate of drug-likeness (QED) is 0.817. The zero-order chi connectivity index (χ0) is 13.9. The van der Waals surface area contributed by atoms with Crippen LogP contribution in [0.2, 0.25) is 0 Å². The molecule has 1 amide bonds. The third-order valence-electron chi connectivity index (χ3n) is 3.47. The maximum atomic E-state index is 12.1. The molecule has 0 fully saturated rings. The molecule has 102 valence electrons. The van der Waals surface area contributed by atoms with Gasteiger partial charge in [0, 0.05) is 30.9 Å². The van der Waals surface area contributed by atoms with E-state index >= 15 is 0 Å². The van der Waals surface area contributed by atoms with E-state index in [0.717, 1.165) is 17.0 Å². The Morgan fingerprint density at radius 2 is 2.00 bits per heavy atom. The molecule has 2 N–H and O–H groups in total. The van der Waals surface area contributed by atoms with Crippen molar-refractivity contribution in [1.29, 1.82) is 0 Å². The van der Waals surface area contributed by atoms with Crippen molar-refractivity contribution >= 4 is 5.91 Å². The van der Waals surface area contributed by atoms with E-state index < -0.39 is 0 Å². The van der Waals surface area contributed by atoms with Crippen LogP contribution in [0.4, 0.5) is 0 Å². The maximum Gasteiger partial charge on any atom is 0.227 e. The van der Waals surface area contributed by atoms with Crippen LogP contribution in [0.5, 0.6) is 0 Å². The van der Waals surface area contributed by atoms with Crippen molar-refractivity contribution in [1.82, 2.24) is 20.4 Å². The predicted molar refractivity (Wildman–Crippen MR) is 72.6 cm³/mol. The molecule has 0 saturated carbocycles. The van der Waals surface area contributed by atoms with E-state index in [2.05, 4.69) is 15.7 Å². The topological polar surface area (TPSA) is 58.9 Å². The van der Waals surface area contributed by atoms with Crippen LogP contribution in [-0.2, 0) is 11.8 Å². The Morgan fingerprint density at radius 3 is 2.44 bits per heavy atom. The van der Waals surface area contributed by atoms with Gasteiger partial charge >= 0.3 is 0 Å². The van der Waals surface area contributed by atoms with Crippen LogP contribution in [0.3, 0.4) is 0 Å². The second kappa shape index (κ2) is 6.00. The first-order valence-electron chi connectivity index (χ1n) is 6.33. The monoisotopic (exact) mass is 252 g/mol. The van der Waals surface area contributed by atoms with Crippen molar-refractivity contribution in [2.45, 2.75) is 39.7 Å². The number of aryl methyl sites for hydroxylation is 2. The highest BCUT2D eigenvalue weighted by atomic mass is 16.1. The van der Waals surface area contributed by atoms with Gasteiger partial charge in [0.2, 0.25) is 5.91 Å². The number of amides is 1. The minimum atomic E-state index is -0.164. The molecule has 0 bridgehead atoms. The van der Waals surface area contributed by atoms with Gasteiger partial charge in [0.25, 0.3) is 0 Å². The van der Waals surface area contributed by atoms with Crippen molar-refractivity contribution in [3.63, 3.8) is 0 Å². The minimum absolute atomic E-state index is 0.0521. The second-order valence-electron chi connectivity index (χ2n) is 4.86. The van der Waals surface area contributed by atoms with Crippen LogP contribution in [0.25, 0.3) is 0 Å². The Morgan fingerprint density at radius 1 is 1.39 bits per heavy atom. The molecular formula is C13H24N4O. The summed E-state index contributed by atoms with van der Waals surface area (Å²) < 4.78 is 1.82. The lowest BCUT2D eigenvalue weighted by Gasteiger charge is -2.16. The molecule has 0 aromatic carbocycles. The summed E-state index contributed by atoms with van der Waals surface area (Å²) >= 11 is 0. The van der Waals surface area contributed by atoms with Crippen LogP contribution >= 0.6 is 0 Å². The minimum Gasteiger partial charge on any atom is -0.354 e. The third-order valence-corrected chi connectivity index (χ3v) is 3.47. The fourth-order valence-corrected chi connectivity index (χ4v) is 2.06. The van der Waals surface area contributed by atoms with Crippen LogP contribution in [0.15, 0.2) is 0 Å². The Balaban J connectivity index is 2.74. The highest BCUT2D eigenvalue weighted by Gasteiger charge is 2.22. The molecule has 1 aromatic heterocycles. The number of nitrogens with one attached hydrogen (secondary N) is 2. The van der Waals surface area contributed by atoms with E-state index in [1.807, 2.05) is 46.5 Å². The van der Waals surface area contributed by atoms with Crippen LogP contribution in [-0.4, -0.2) is 35.3 Å². The number of rotatable bonds is 5. The Kier molecular flexibility index (Phi) is 4.90. The van der Waals surface area contributed by atoms with Gasteiger partial charge in [-0.2, -0.15) is 5.10 Å². The molecule has 18 heavy (non-hydrogen) atoms. The number of aromatic nitrogens is 2. The van der Waals surface area contributed by atoms with Crippen LogP contribution < -0.4 is 10.6 Å². The van der Waals surface area contributed by atoms with E-state index in [1.165, 1.54) is 0 Å². The second-order valence-corrected chi connectivity index (χ2v) is 4.86. The molecule has 1 aromatic rings. The number of carbonyl (C=O) groups is 1. The molecule has 0 spiro atoms. The first-order valence-corrected chi connectivity index (χ1v) is 6.33. The van der Waals surface area contributed by atoms with Gasteiger partial charge in [-0.15, -0.1) is 0 Å². The number of hydrogen-bond donors (Lipinski definition) is 2. The standard InChI is InChI=1S/C13H24N4O/c1-8(14-5)7-15-13(18)9(2)12-10(3)16-17(6)11(12)4/h8-9,14H,7H2,1-6H3,(H,15,18). The first-order chi connectivity index (χ1) is 8.38. The summed E-state index contributed by atoms with van der Waals surface area (Å²) in [7, 11) is 3.79. The van der Waals surface area contributed by atoms with Gasteiger partial charge in [0.1, 0.15) is 0 Å². The molecule has 0 aliphatic heterocycles. The fourth-order valence-electron chi connectivity index (χ4n) is 2.06. The highest BCUT2D eigenvalue weighted by Crippen LogP contribution is 2.22. The van der Waals surface area contributed by atoms with Gasteiger partial charge in [-0.05, 0) is 34.7 Å². The van der Waals surface area contributed by atoms with E-state index in [1.54, 1.807) is 0 Å². The highest BCUT2D eigenvalue weighted by molar-refractivity contribution is 5.83. The van der Waals surface area contributed by atoms with Gasteiger partial charge in [0.05, 0.1) is 11.6 Å². The largest absolute Gasteiger partial charge is 0.354 e. The molecule has 1 rings (SSSR count). The lowest BCUT2D eigenvalue weighted by Crippen LogP contribution is -2.39. The van der Waals surface area contributed by atoms with Gasteiger partial charge < -0.3 is 10.6 Å². The Bertz CT molecular complexity index is 425. The average Bonchev–Trinajstić information content (AvgIpc) is 2.59. The number of hydrogen-bond acceptors (Lipinski definition) is 3. The maximum absolute atomic E-state index is 12.1. The van der Waals surface area contributed by atoms with E-state index in [9.17, 15) is 4.79 Å². The Hall–Kier alpha value is -1.36.